The maximum absolute atomic E-state index is 12.9. The quantitative estimate of drug-likeness (QED) is 0.0588. The molecule has 0 radical (unpaired) electrons. The minimum Gasteiger partial charge on any atom is -0.490 e. The number of hydrogen-bond donors (Lipinski definition) is 1. The van der Waals surface area contributed by atoms with Gasteiger partial charge in [-0.05, 0) is 92.3 Å². The van der Waals surface area contributed by atoms with Crippen molar-refractivity contribution in [1.82, 2.24) is 0 Å². The van der Waals surface area contributed by atoms with Crippen LogP contribution in [0.1, 0.15) is 85.7 Å². The normalized spacial score (nSPS) is 16.6. The number of benzene rings is 2. The molecule has 0 amide bonds. The molecule has 3 rings (SSSR count). The van der Waals surface area contributed by atoms with Crippen molar-refractivity contribution in [3.05, 3.63) is 84.5 Å². The van der Waals surface area contributed by atoms with Crippen LogP contribution in [0.2, 0.25) is 0 Å². The minimum absolute atomic E-state index is 0.0234. The molecule has 0 aromatic heterocycles. The van der Waals surface area contributed by atoms with Crippen molar-refractivity contribution in [2.24, 2.45) is 5.92 Å². The van der Waals surface area contributed by atoms with E-state index in [1.54, 1.807) is 30.3 Å². The summed E-state index contributed by atoms with van der Waals surface area (Å²) in [6.07, 6.45) is 11.3. The van der Waals surface area contributed by atoms with Gasteiger partial charge in [0, 0.05) is 30.5 Å². The van der Waals surface area contributed by atoms with Crippen molar-refractivity contribution >= 4 is 24.1 Å². The maximum Gasteiger partial charge on any atom is 0.343 e. The van der Waals surface area contributed by atoms with Crippen molar-refractivity contribution in [3.63, 3.8) is 0 Å². The fraction of sp³-hybridized carbons (Fsp3) is 0.444. The summed E-state index contributed by atoms with van der Waals surface area (Å²) in [5.74, 6) is 0.505. The number of carbonyl (C=O) groups is 3. The van der Waals surface area contributed by atoms with Gasteiger partial charge in [-0.2, -0.15) is 0 Å². The van der Waals surface area contributed by atoms with Gasteiger partial charge in [0.05, 0.1) is 18.8 Å². The summed E-state index contributed by atoms with van der Waals surface area (Å²) in [7, 11) is 0. The highest BCUT2D eigenvalue weighted by atomic mass is 16.6. The topological polar surface area (TPSA) is 121 Å². The lowest BCUT2D eigenvalue weighted by molar-refractivity contribution is -0.148. The molecular weight excluding hydrogens is 574 g/mol. The fourth-order valence-corrected chi connectivity index (χ4v) is 5.34. The second-order valence-electron chi connectivity index (χ2n) is 11.1. The average Bonchev–Trinajstić information content (AvgIpc) is 3.07. The molecule has 0 heterocycles. The third-order valence-electron chi connectivity index (χ3n) is 7.78. The summed E-state index contributed by atoms with van der Waals surface area (Å²) in [6.45, 7) is 9.78. The summed E-state index contributed by atoms with van der Waals surface area (Å²) in [4.78, 5) is 35.7. The lowest BCUT2D eigenvalue weighted by atomic mass is 9.77. The van der Waals surface area contributed by atoms with E-state index in [9.17, 15) is 14.4 Å². The highest BCUT2D eigenvalue weighted by molar-refractivity contribution is 5.93. The molecule has 45 heavy (non-hydrogen) atoms. The summed E-state index contributed by atoms with van der Waals surface area (Å²) in [5, 5.41) is 7.90. The molecule has 0 aliphatic heterocycles. The summed E-state index contributed by atoms with van der Waals surface area (Å²) in [6, 6.07) is 12.2. The van der Waals surface area contributed by atoms with E-state index < -0.39 is 24.0 Å². The first-order valence-electron chi connectivity index (χ1n) is 15.7. The van der Waals surface area contributed by atoms with Crippen LogP contribution in [0.15, 0.2) is 67.8 Å². The Morgan fingerprint density at radius 2 is 1.64 bits per heavy atom. The Labute approximate surface area is 266 Å². The van der Waals surface area contributed by atoms with Crippen LogP contribution in [0.4, 0.5) is 0 Å². The van der Waals surface area contributed by atoms with Crippen LogP contribution in [0, 0.1) is 11.3 Å². The van der Waals surface area contributed by atoms with Crippen molar-refractivity contribution < 1.29 is 38.1 Å². The number of nitrogens with one attached hydrogen (secondary N) is 1. The van der Waals surface area contributed by atoms with Gasteiger partial charge in [0.2, 0.25) is 0 Å². The number of rotatable bonds is 19. The van der Waals surface area contributed by atoms with Crippen LogP contribution in [0.3, 0.4) is 0 Å². The largest absolute Gasteiger partial charge is 0.490 e. The molecule has 1 atom stereocenters. The van der Waals surface area contributed by atoms with Gasteiger partial charge in [-0.3, -0.25) is 0 Å². The van der Waals surface area contributed by atoms with Crippen LogP contribution < -0.4 is 9.47 Å². The van der Waals surface area contributed by atoms with Crippen LogP contribution in [0.25, 0.3) is 0 Å². The Kier molecular flexibility index (Phi) is 15.0. The van der Waals surface area contributed by atoms with Crippen LogP contribution in [0.5, 0.6) is 11.5 Å². The first kappa shape index (κ1) is 35.2. The van der Waals surface area contributed by atoms with E-state index in [1.165, 1.54) is 37.5 Å². The number of carbonyl (C=O) groups excluding carboxylic acids is 3. The van der Waals surface area contributed by atoms with Crippen molar-refractivity contribution in [2.45, 2.75) is 70.3 Å². The van der Waals surface area contributed by atoms with E-state index in [-0.39, 0.29) is 19.8 Å². The standard InChI is InChI=1S/C36H45NO8/c1-4-9-26-10-12-27(13-11-26)29-16-19-33(30(22-29)23-37)45-36(40)28-14-17-31(18-15-28)43-25-32(44-35(39)6-3)24-41-20-7-8-21-42-34(38)5-2/h5-6,14-19,22-23,26-27,32,37H,2-4,7-13,20-21,24-25H2,1H3. The van der Waals surface area contributed by atoms with Gasteiger partial charge < -0.3 is 29.1 Å². The van der Waals surface area contributed by atoms with Crippen LogP contribution in [-0.4, -0.2) is 56.7 Å². The predicted molar refractivity (Wildman–Crippen MR) is 172 cm³/mol. The van der Waals surface area contributed by atoms with Crippen LogP contribution in [-0.2, 0) is 23.8 Å². The second kappa shape index (κ2) is 19.2. The SMILES string of the molecule is C=CC(=O)OCCCCOCC(COc1ccc(C(=O)Oc2ccc(C3CCC(CCC)CC3)cc2C=N)cc1)OC(=O)C=C. The third kappa shape index (κ3) is 12.0. The smallest absolute Gasteiger partial charge is 0.343 e. The molecule has 0 spiro atoms. The highest BCUT2D eigenvalue weighted by Gasteiger charge is 2.23. The van der Waals surface area contributed by atoms with Gasteiger partial charge in [-0.25, -0.2) is 14.4 Å². The Hall–Kier alpha value is -4.24. The zero-order valence-electron chi connectivity index (χ0n) is 26.2. The van der Waals surface area contributed by atoms with Gasteiger partial charge in [0.15, 0.2) is 6.10 Å². The van der Waals surface area contributed by atoms with Crippen molar-refractivity contribution in [2.75, 3.05) is 26.4 Å². The minimum atomic E-state index is -0.687. The molecular formula is C36H45NO8. The summed E-state index contributed by atoms with van der Waals surface area (Å²) in [5.41, 5.74) is 2.10. The van der Waals surface area contributed by atoms with Gasteiger partial charge in [-0.15, -0.1) is 0 Å². The van der Waals surface area contributed by atoms with Gasteiger partial charge in [0.25, 0.3) is 0 Å². The summed E-state index contributed by atoms with van der Waals surface area (Å²) >= 11 is 0. The molecule has 1 saturated carbocycles. The summed E-state index contributed by atoms with van der Waals surface area (Å²) < 4.78 is 27.3. The van der Waals surface area contributed by atoms with Crippen molar-refractivity contribution in [1.29, 1.82) is 5.41 Å². The Balaban J connectivity index is 1.49. The van der Waals surface area contributed by atoms with E-state index in [4.69, 9.17) is 29.1 Å². The Morgan fingerprint density at radius 1 is 0.933 bits per heavy atom. The molecule has 1 aliphatic rings. The first-order valence-corrected chi connectivity index (χ1v) is 15.7. The molecule has 1 aliphatic carbocycles. The third-order valence-corrected chi connectivity index (χ3v) is 7.78. The second-order valence-corrected chi connectivity index (χ2v) is 11.1. The zero-order chi connectivity index (χ0) is 32.4. The number of esters is 3. The maximum atomic E-state index is 12.9. The average molecular weight is 620 g/mol. The monoisotopic (exact) mass is 619 g/mol. The predicted octanol–water partition coefficient (Wildman–Crippen LogP) is 6.98. The molecule has 1 unspecified atom stereocenters. The van der Waals surface area contributed by atoms with Crippen molar-refractivity contribution in [3.8, 4) is 11.5 Å². The molecule has 0 saturated heterocycles. The van der Waals surface area contributed by atoms with E-state index >= 15 is 0 Å². The van der Waals surface area contributed by atoms with Gasteiger partial charge in [-0.1, -0.05) is 39.0 Å². The molecule has 1 fully saturated rings. The number of hydrogen-bond acceptors (Lipinski definition) is 9. The number of ether oxygens (including phenoxy) is 5. The first-order chi connectivity index (χ1) is 21.9. The molecule has 0 bridgehead atoms. The highest BCUT2D eigenvalue weighted by Crippen LogP contribution is 2.38. The van der Waals surface area contributed by atoms with E-state index in [2.05, 4.69) is 20.1 Å². The molecule has 1 N–H and O–H groups in total. The zero-order valence-corrected chi connectivity index (χ0v) is 26.2. The van der Waals surface area contributed by atoms with E-state index in [1.807, 2.05) is 12.1 Å². The fourth-order valence-electron chi connectivity index (χ4n) is 5.34. The molecule has 9 heteroatoms. The Bertz CT molecular complexity index is 1280. The van der Waals surface area contributed by atoms with Gasteiger partial charge >= 0.3 is 17.9 Å². The van der Waals surface area contributed by atoms with E-state index in [0.717, 1.165) is 30.9 Å². The Morgan fingerprint density at radius 3 is 2.31 bits per heavy atom. The molecule has 2 aromatic carbocycles. The van der Waals surface area contributed by atoms with Crippen LogP contribution >= 0.6 is 0 Å². The lowest BCUT2D eigenvalue weighted by Gasteiger charge is -2.29. The molecule has 2 aromatic rings. The molecule has 242 valence electrons. The van der Waals surface area contributed by atoms with Gasteiger partial charge in [0.1, 0.15) is 18.1 Å². The number of unbranched alkanes of at least 4 members (excludes halogenated alkanes) is 1. The van der Waals surface area contributed by atoms with E-state index in [0.29, 0.717) is 48.0 Å². The lowest BCUT2D eigenvalue weighted by Crippen LogP contribution is -2.29. The molecule has 9 nitrogen and oxygen atoms in total.